The molecule has 0 unspecified atom stereocenters. The Morgan fingerprint density at radius 3 is 2.61 bits per heavy atom. The van der Waals surface area contributed by atoms with Crippen molar-refractivity contribution >= 4 is 23.3 Å². The number of benzene rings is 1. The van der Waals surface area contributed by atoms with Gasteiger partial charge in [0, 0.05) is 50.2 Å². The van der Waals surface area contributed by atoms with E-state index in [2.05, 4.69) is 39.6 Å². The van der Waals surface area contributed by atoms with Crippen LogP contribution in [0.5, 0.6) is 5.75 Å². The van der Waals surface area contributed by atoms with Crippen molar-refractivity contribution in [2.24, 2.45) is 5.92 Å². The number of aliphatic hydroxyl groups is 1. The highest BCUT2D eigenvalue weighted by Gasteiger charge is 2.30. The Bertz CT molecular complexity index is 1410. The van der Waals surface area contributed by atoms with Gasteiger partial charge in [0.05, 0.1) is 30.4 Å². The highest BCUT2D eigenvalue weighted by atomic mass is 16.5. The molecule has 0 fully saturated rings. The summed E-state index contributed by atoms with van der Waals surface area (Å²) >= 11 is 0. The summed E-state index contributed by atoms with van der Waals surface area (Å²) in [5, 5.41) is 19.7. The molecule has 3 amide bonds. The van der Waals surface area contributed by atoms with Crippen LogP contribution in [0.15, 0.2) is 47.2 Å². The van der Waals surface area contributed by atoms with Gasteiger partial charge in [-0.15, -0.1) is 0 Å². The molecule has 3 aromatic rings. The van der Waals surface area contributed by atoms with Gasteiger partial charge >= 0.3 is 6.03 Å². The van der Waals surface area contributed by atoms with E-state index in [1.165, 1.54) is 0 Å². The molecule has 3 heterocycles. The second-order valence-corrected chi connectivity index (χ2v) is 12.3. The molecule has 0 radical (unpaired) electrons. The molecule has 3 N–H and O–H groups in total. The van der Waals surface area contributed by atoms with E-state index in [0.717, 1.165) is 31.4 Å². The predicted molar refractivity (Wildman–Crippen MR) is 176 cm³/mol. The fraction of sp³-hybridized carbons (Fsp3) is 0.529. The largest absolute Gasteiger partial charge is 0.490 e. The number of nitrogens with one attached hydrogen (secondary N) is 2. The maximum absolute atomic E-state index is 14.3. The molecule has 4 atom stereocenters. The van der Waals surface area contributed by atoms with E-state index < -0.39 is 12.1 Å². The molecule has 250 valence electrons. The normalized spacial score (nSPS) is 20.4. The highest BCUT2D eigenvalue weighted by Crippen LogP contribution is 2.29. The first kappa shape index (κ1) is 34.9. The fourth-order valence-electron chi connectivity index (χ4n) is 5.57. The molecule has 4 rings (SSSR count). The van der Waals surface area contributed by atoms with Gasteiger partial charge in [0.15, 0.2) is 5.76 Å². The number of urea groups is 1. The SMILES string of the molecule is Cc1noc(C)c1NC(=O)Nc1ccc2c(c1)C(=O)N([C@@H](C)CO)C[C@@H](C)[C@@H](CN(C)Cc1ccncc1)OCCCC[C@H](C)O2. The van der Waals surface area contributed by atoms with Crippen molar-refractivity contribution in [1.29, 1.82) is 0 Å². The number of anilines is 2. The number of amides is 3. The molecule has 2 aromatic heterocycles. The van der Waals surface area contributed by atoms with Crippen LogP contribution in [0, 0.1) is 19.8 Å². The first-order valence-electron chi connectivity index (χ1n) is 16.0. The molecule has 12 heteroatoms. The summed E-state index contributed by atoms with van der Waals surface area (Å²) in [6, 6.07) is 8.08. The predicted octanol–water partition coefficient (Wildman–Crippen LogP) is 5.26. The maximum atomic E-state index is 14.3. The zero-order valence-corrected chi connectivity index (χ0v) is 27.8. The van der Waals surface area contributed by atoms with E-state index in [9.17, 15) is 14.7 Å². The molecule has 0 aliphatic carbocycles. The number of rotatable bonds is 8. The number of pyridine rings is 1. The number of nitrogens with zero attached hydrogens (tertiary/aromatic N) is 4. The second kappa shape index (κ2) is 16.5. The van der Waals surface area contributed by atoms with Crippen LogP contribution in [-0.4, -0.2) is 88.6 Å². The van der Waals surface area contributed by atoms with E-state index in [0.29, 0.717) is 53.8 Å². The Morgan fingerprint density at radius 1 is 1.15 bits per heavy atom. The Balaban J connectivity index is 1.60. The average Bonchev–Trinajstić information content (AvgIpc) is 3.34. The van der Waals surface area contributed by atoms with Crippen molar-refractivity contribution in [3.05, 3.63) is 65.3 Å². The van der Waals surface area contributed by atoms with Crippen LogP contribution < -0.4 is 15.4 Å². The number of carbonyl (C=O) groups excluding carboxylic acids is 2. The zero-order chi connectivity index (χ0) is 33.2. The fourth-order valence-corrected chi connectivity index (χ4v) is 5.57. The van der Waals surface area contributed by atoms with Gasteiger partial charge < -0.3 is 34.6 Å². The first-order chi connectivity index (χ1) is 22.0. The van der Waals surface area contributed by atoms with Crippen molar-refractivity contribution in [2.45, 2.75) is 78.7 Å². The van der Waals surface area contributed by atoms with Crippen LogP contribution in [-0.2, 0) is 11.3 Å². The Morgan fingerprint density at radius 2 is 1.91 bits per heavy atom. The number of aryl methyl sites for hydroxylation is 2. The summed E-state index contributed by atoms with van der Waals surface area (Å²) in [4.78, 5) is 35.2. The average molecular weight is 637 g/mol. The molecule has 46 heavy (non-hydrogen) atoms. The summed E-state index contributed by atoms with van der Waals surface area (Å²) in [6.45, 7) is 11.5. The topological polar surface area (TPSA) is 142 Å². The van der Waals surface area contributed by atoms with Crippen LogP contribution in [0.25, 0.3) is 0 Å². The van der Waals surface area contributed by atoms with Gasteiger partial charge in [-0.25, -0.2) is 4.79 Å². The van der Waals surface area contributed by atoms with Gasteiger partial charge in [-0.05, 0) is 89.9 Å². The second-order valence-electron chi connectivity index (χ2n) is 12.3. The summed E-state index contributed by atoms with van der Waals surface area (Å²) in [5.74, 6) is 0.569. The van der Waals surface area contributed by atoms with Crippen molar-refractivity contribution in [2.75, 3.05) is 44.0 Å². The smallest absolute Gasteiger partial charge is 0.323 e. The van der Waals surface area contributed by atoms with Crippen LogP contribution in [0.3, 0.4) is 0 Å². The quantitative estimate of drug-likeness (QED) is 0.302. The molecule has 1 aliphatic rings. The van der Waals surface area contributed by atoms with Gasteiger partial charge in [-0.1, -0.05) is 12.1 Å². The third-order valence-corrected chi connectivity index (χ3v) is 8.27. The lowest BCUT2D eigenvalue weighted by Crippen LogP contribution is -2.47. The molecule has 1 aliphatic heterocycles. The molecular formula is C34H48N6O6. The molecule has 0 bridgehead atoms. The lowest BCUT2D eigenvalue weighted by Gasteiger charge is -2.36. The number of likely N-dealkylation sites (N-methyl/N-ethyl adjacent to an activating group) is 1. The first-order valence-corrected chi connectivity index (χ1v) is 16.0. The van der Waals surface area contributed by atoms with E-state index in [1.54, 1.807) is 49.3 Å². The number of hydrogen-bond acceptors (Lipinski definition) is 9. The molecule has 12 nitrogen and oxygen atoms in total. The maximum Gasteiger partial charge on any atom is 0.323 e. The standard InChI is InChI=1S/C34H48N6O6/c1-22-18-40(23(2)21-41)33(42)29-17-28(36-34(43)37-32-25(4)38-46-26(32)5)10-11-30(29)45-24(3)9-7-8-16-44-31(22)20-39(6)19-27-12-14-35-15-13-27/h10-15,17,22-24,31,41H,7-9,16,18-21H2,1-6H3,(H2,36,37,43)/t22-,23+,24+,31-/m1/s1. The van der Waals surface area contributed by atoms with E-state index in [-0.39, 0.29) is 30.6 Å². The number of carbonyl (C=O) groups is 2. The Hall–Kier alpha value is -4.00. The van der Waals surface area contributed by atoms with Gasteiger partial charge in [0.2, 0.25) is 0 Å². The van der Waals surface area contributed by atoms with Crippen molar-refractivity contribution in [1.82, 2.24) is 19.9 Å². The highest BCUT2D eigenvalue weighted by molar-refractivity contribution is 6.03. The summed E-state index contributed by atoms with van der Waals surface area (Å²) in [7, 11) is 2.06. The van der Waals surface area contributed by atoms with E-state index in [4.69, 9.17) is 14.0 Å². The van der Waals surface area contributed by atoms with Crippen molar-refractivity contribution in [3.8, 4) is 5.75 Å². The van der Waals surface area contributed by atoms with E-state index >= 15 is 0 Å². The zero-order valence-electron chi connectivity index (χ0n) is 27.8. The molecule has 0 spiro atoms. The minimum Gasteiger partial charge on any atom is -0.490 e. The summed E-state index contributed by atoms with van der Waals surface area (Å²) in [5.41, 5.74) is 2.93. The lowest BCUT2D eigenvalue weighted by molar-refractivity contribution is -0.0177. The number of aliphatic hydroxyl groups excluding tert-OH is 1. The van der Waals surface area contributed by atoms with Crippen LogP contribution in [0.1, 0.15) is 67.4 Å². The van der Waals surface area contributed by atoms with Crippen molar-refractivity contribution < 1.29 is 28.7 Å². The third kappa shape index (κ3) is 9.51. The van der Waals surface area contributed by atoms with Gasteiger partial charge in [0.1, 0.15) is 17.1 Å². The summed E-state index contributed by atoms with van der Waals surface area (Å²) in [6.07, 6.45) is 5.86. The van der Waals surface area contributed by atoms with E-state index in [1.807, 2.05) is 26.0 Å². The third-order valence-electron chi connectivity index (χ3n) is 8.27. The molecule has 0 saturated carbocycles. The Kier molecular flexibility index (Phi) is 12.5. The number of hydrogen-bond donors (Lipinski definition) is 3. The number of ether oxygens (including phenoxy) is 2. The number of fused-ring (bicyclic) bond motifs is 1. The minimum atomic E-state index is -0.498. The van der Waals surface area contributed by atoms with Crippen LogP contribution >= 0.6 is 0 Å². The van der Waals surface area contributed by atoms with Gasteiger partial charge in [0.25, 0.3) is 5.91 Å². The summed E-state index contributed by atoms with van der Waals surface area (Å²) < 4.78 is 17.9. The van der Waals surface area contributed by atoms with Crippen LogP contribution in [0.4, 0.5) is 16.2 Å². The van der Waals surface area contributed by atoms with Crippen LogP contribution in [0.2, 0.25) is 0 Å². The molecule has 1 aromatic carbocycles. The minimum absolute atomic E-state index is 0.0498. The molecular weight excluding hydrogens is 588 g/mol. The van der Waals surface area contributed by atoms with Gasteiger partial charge in [-0.2, -0.15) is 0 Å². The number of aromatic nitrogens is 2. The van der Waals surface area contributed by atoms with Gasteiger partial charge in [-0.3, -0.25) is 14.7 Å². The lowest BCUT2D eigenvalue weighted by atomic mass is 10.0. The Labute approximate surface area is 271 Å². The monoisotopic (exact) mass is 636 g/mol. The molecule has 0 saturated heterocycles. The van der Waals surface area contributed by atoms with Crippen molar-refractivity contribution in [3.63, 3.8) is 0 Å².